The average molecular weight is 491 g/mol. The van der Waals surface area contributed by atoms with Crippen LogP contribution in [0.4, 0.5) is 13.2 Å². The molecule has 1 amide bonds. The van der Waals surface area contributed by atoms with Gasteiger partial charge in [-0.1, -0.05) is 6.07 Å². The Morgan fingerprint density at radius 2 is 1.77 bits per heavy atom. The maximum absolute atomic E-state index is 13.8. The molecule has 0 aliphatic heterocycles. The second kappa shape index (κ2) is 10.5. The minimum atomic E-state index is -4.64. The fourth-order valence-electron chi connectivity index (χ4n) is 3.41. The number of hydrogen-bond acceptors (Lipinski definition) is 6. The van der Waals surface area contributed by atoms with Gasteiger partial charge < -0.3 is 19.5 Å². The van der Waals surface area contributed by atoms with Gasteiger partial charge in [0, 0.05) is 17.8 Å². The van der Waals surface area contributed by atoms with Gasteiger partial charge in [0.25, 0.3) is 5.91 Å². The summed E-state index contributed by atoms with van der Waals surface area (Å²) in [6.07, 6.45) is -4.64. The van der Waals surface area contributed by atoms with E-state index < -0.39 is 30.2 Å². The van der Waals surface area contributed by atoms with Crippen LogP contribution in [0.25, 0.3) is 5.69 Å². The van der Waals surface area contributed by atoms with Crippen molar-refractivity contribution in [2.45, 2.75) is 26.6 Å². The molecule has 3 rings (SSSR count). The third-order valence-electron chi connectivity index (χ3n) is 5.09. The summed E-state index contributed by atoms with van der Waals surface area (Å²) in [5.41, 5.74) is 0.772. The van der Waals surface area contributed by atoms with Crippen LogP contribution in [0, 0.1) is 13.8 Å². The summed E-state index contributed by atoms with van der Waals surface area (Å²) in [4.78, 5) is 24.0. The van der Waals surface area contributed by atoms with E-state index >= 15 is 0 Å². The summed E-state index contributed by atoms with van der Waals surface area (Å²) in [7, 11) is 2.58. The van der Waals surface area contributed by atoms with Gasteiger partial charge in [-0.25, -0.2) is 9.48 Å². The number of aryl methyl sites for hydroxylation is 2. The molecule has 11 heteroatoms. The second-order valence-electron chi connectivity index (χ2n) is 7.59. The number of methoxy groups -OCH3 is 2. The van der Waals surface area contributed by atoms with E-state index in [-0.39, 0.29) is 34.9 Å². The van der Waals surface area contributed by atoms with Crippen LogP contribution in [0.3, 0.4) is 0 Å². The van der Waals surface area contributed by atoms with Crippen molar-refractivity contribution in [3.05, 3.63) is 70.5 Å². The third kappa shape index (κ3) is 6.11. The van der Waals surface area contributed by atoms with E-state index in [0.29, 0.717) is 11.4 Å². The van der Waals surface area contributed by atoms with Crippen molar-refractivity contribution in [2.24, 2.45) is 0 Å². The Balaban J connectivity index is 1.81. The second-order valence-corrected chi connectivity index (χ2v) is 7.59. The molecule has 0 aliphatic carbocycles. The zero-order valence-electron chi connectivity index (χ0n) is 19.5. The van der Waals surface area contributed by atoms with Crippen LogP contribution in [0.1, 0.15) is 32.9 Å². The Bertz CT molecular complexity index is 1240. The van der Waals surface area contributed by atoms with Gasteiger partial charge in [-0.2, -0.15) is 18.3 Å². The van der Waals surface area contributed by atoms with Crippen LogP contribution in [-0.4, -0.2) is 42.5 Å². The van der Waals surface area contributed by atoms with Crippen LogP contribution < -0.4 is 14.8 Å². The van der Waals surface area contributed by atoms with Gasteiger partial charge in [0.1, 0.15) is 0 Å². The lowest BCUT2D eigenvalue weighted by molar-refractivity contribution is -0.143. The summed E-state index contributed by atoms with van der Waals surface area (Å²) in [6, 6.07) is 9.80. The minimum absolute atomic E-state index is 0.105. The van der Waals surface area contributed by atoms with Crippen LogP contribution in [0.5, 0.6) is 11.5 Å². The Labute approximate surface area is 199 Å². The standard InChI is InChI=1S/C24H24F3N3O5/c1-14-9-15(2)30(29-14)18-7-5-17(19(11-18)24(25,26)27)12-28-23(32)16-6-8-20(33-3)21(10-16)35-13-22(31)34-4/h5-11H,12-13H2,1-4H3,(H,28,32). The number of nitrogens with one attached hydrogen (secondary N) is 1. The van der Waals surface area contributed by atoms with Crippen LogP contribution in [-0.2, 0) is 22.3 Å². The van der Waals surface area contributed by atoms with Gasteiger partial charge in [0.15, 0.2) is 18.1 Å². The van der Waals surface area contributed by atoms with Crippen molar-refractivity contribution >= 4 is 11.9 Å². The van der Waals surface area contributed by atoms with Gasteiger partial charge in [0.05, 0.1) is 31.2 Å². The highest BCUT2D eigenvalue weighted by Gasteiger charge is 2.34. The number of nitrogens with zero attached hydrogens (tertiary/aromatic N) is 2. The molecule has 3 aromatic rings. The largest absolute Gasteiger partial charge is 0.493 e. The molecule has 186 valence electrons. The Kier molecular flexibility index (Phi) is 7.68. The van der Waals surface area contributed by atoms with Crippen LogP contribution in [0.2, 0.25) is 0 Å². The van der Waals surface area contributed by atoms with Crippen molar-refractivity contribution in [3.63, 3.8) is 0 Å². The summed E-state index contributed by atoms with van der Waals surface area (Å²) in [5, 5.41) is 6.72. The number of halogens is 3. The molecule has 8 nitrogen and oxygen atoms in total. The third-order valence-corrected chi connectivity index (χ3v) is 5.09. The predicted octanol–water partition coefficient (Wildman–Crippen LogP) is 4.00. The zero-order chi connectivity index (χ0) is 25.8. The van der Waals surface area contributed by atoms with Crippen molar-refractivity contribution in [2.75, 3.05) is 20.8 Å². The van der Waals surface area contributed by atoms with E-state index in [9.17, 15) is 22.8 Å². The number of esters is 1. The maximum Gasteiger partial charge on any atom is 0.416 e. The van der Waals surface area contributed by atoms with Crippen molar-refractivity contribution in [3.8, 4) is 17.2 Å². The van der Waals surface area contributed by atoms with E-state index in [4.69, 9.17) is 9.47 Å². The highest BCUT2D eigenvalue weighted by Crippen LogP contribution is 2.34. The molecule has 35 heavy (non-hydrogen) atoms. The lowest BCUT2D eigenvalue weighted by atomic mass is 10.1. The highest BCUT2D eigenvalue weighted by molar-refractivity contribution is 5.94. The smallest absolute Gasteiger partial charge is 0.416 e. The molecule has 0 saturated heterocycles. The number of amides is 1. The molecule has 2 aromatic carbocycles. The molecule has 0 aliphatic rings. The van der Waals surface area contributed by atoms with E-state index in [1.54, 1.807) is 19.9 Å². The lowest BCUT2D eigenvalue weighted by Gasteiger charge is -2.16. The van der Waals surface area contributed by atoms with E-state index in [1.807, 2.05) is 0 Å². The Morgan fingerprint density at radius 3 is 2.37 bits per heavy atom. The van der Waals surface area contributed by atoms with Gasteiger partial charge in [-0.05, 0) is 55.8 Å². The Morgan fingerprint density at radius 1 is 1.03 bits per heavy atom. The molecule has 0 bridgehead atoms. The fourth-order valence-corrected chi connectivity index (χ4v) is 3.41. The van der Waals surface area contributed by atoms with Gasteiger partial charge >= 0.3 is 12.1 Å². The number of hydrogen-bond donors (Lipinski definition) is 1. The molecule has 1 N–H and O–H groups in total. The predicted molar refractivity (Wildman–Crippen MR) is 120 cm³/mol. The highest BCUT2D eigenvalue weighted by atomic mass is 19.4. The van der Waals surface area contributed by atoms with Gasteiger partial charge in [-0.3, -0.25) is 4.79 Å². The molecule has 0 spiro atoms. The first-order valence-electron chi connectivity index (χ1n) is 10.4. The fraction of sp³-hybridized carbons (Fsp3) is 0.292. The molecular formula is C24H24F3N3O5. The molecule has 0 radical (unpaired) electrons. The number of rotatable bonds is 8. The van der Waals surface area contributed by atoms with Crippen LogP contribution in [0.15, 0.2) is 42.5 Å². The van der Waals surface area contributed by atoms with Gasteiger partial charge in [-0.15, -0.1) is 0 Å². The number of carbonyl (C=O) groups excluding carboxylic acids is 2. The van der Waals surface area contributed by atoms with Crippen molar-refractivity contribution in [1.82, 2.24) is 15.1 Å². The number of aromatic nitrogens is 2. The summed E-state index contributed by atoms with van der Waals surface area (Å²) >= 11 is 0. The molecule has 0 unspecified atom stereocenters. The molecule has 0 atom stereocenters. The minimum Gasteiger partial charge on any atom is -0.493 e. The number of benzene rings is 2. The molecular weight excluding hydrogens is 467 g/mol. The van der Waals surface area contributed by atoms with Crippen LogP contribution >= 0.6 is 0 Å². The molecule has 0 fully saturated rings. The summed E-state index contributed by atoms with van der Waals surface area (Å²) in [5.74, 6) is -0.892. The van der Waals surface area contributed by atoms with Crippen molar-refractivity contribution < 1.29 is 37.0 Å². The Hall–Kier alpha value is -4.02. The maximum atomic E-state index is 13.8. The van der Waals surface area contributed by atoms with E-state index in [1.165, 1.54) is 49.2 Å². The zero-order valence-corrected chi connectivity index (χ0v) is 19.5. The summed E-state index contributed by atoms with van der Waals surface area (Å²) in [6.45, 7) is 2.73. The number of carbonyl (C=O) groups is 2. The van der Waals surface area contributed by atoms with E-state index in [2.05, 4.69) is 15.2 Å². The lowest BCUT2D eigenvalue weighted by Crippen LogP contribution is -2.25. The number of alkyl halides is 3. The first-order valence-corrected chi connectivity index (χ1v) is 10.4. The molecule has 0 saturated carbocycles. The van der Waals surface area contributed by atoms with E-state index in [0.717, 1.165) is 6.07 Å². The first-order chi connectivity index (χ1) is 16.5. The monoisotopic (exact) mass is 491 g/mol. The van der Waals surface area contributed by atoms with Crippen molar-refractivity contribution in [1.29, 1.82) is 0 Å². The first kappa shape index (κ1) is 25.6. The normalized spacial score (nSPS) is 11.2. The SMILES string of the molecule is COC(=O)COc1cc(C(=O)NCc2ccc(-n3nc(C)cc3C)cc2C(F)(F)F)ccc1OC. The average Bonchev–Trinajstić information content (AvgIpc) is 3.17. The molecule has 1 aromatic heterocycles. The topological polar surface area (TPSA) is 91.7 Å². The van der Waals surface area contributed by atoms with Gasteiger partial charge in [0.2, 0.25) is 0 Å². The molecule has 1 heterocycles. The quantitative estimate of drug-likeness (QED) is 0.479. The summed E-state index contributed by atoms with van der Waals surface area (Å²) < 4.78 is 57.8. The number of ether oxygens (including phenoxy) is 3.